The smallest absolute Gasteiger partial charge is 0.255 e. The summed E-state index contributed by atoms with van der Waals surface area (Å²) in [7, 11) is 0. The number of carbonyl (C=O) groups excluding carboxylic acids is 1. The molecule has 0 radical (unpaired) electrons. The van der Waals surface area contributed by atoms with Crippen LogP contribution in [-0.4, -0.2) is 5.91 Å². The topological polar surface area (TPSA) is 55.1 Å². The quantitative estimate of drug-likeness (QED) is 0.899. The molecule has 20 heavy (non-hydrogen) atoms. The van der Waals surface area contributed by atoms with Crippen LogP contribution in [0.15, 0.2) is 40.9 Å². The number of hydrogen-bond donors (Lipinski definition) is 2. The van der Waals surface area contributed by atoms with Gasteiger partial charge in [0.2, 0.25) is 0 Å². The molecule has 0 aliphatic rings. The fraction of sp³-hybridized carbons (Fsp3) is 0.0714. The molecule has 0 bridgehead atoms. The van der Waals surface area contributed by atoms with Crippen molar-refractivity contribution >= 4 is 27.5 Å². The molecule has 2 rings (SSSR count). The number of carbonyl (C=O) groups is 1. The lowest BCUT2D eigenvalue weighted by Gasteiger charge is -2.08. The molecule has 2 aromatic carbocycles. The van der Waals surface area contributed by atoms with Crippen molar-refractivity contribution in [3.8, 4) is 0 Å². The van der Waals surface area contributed by atoms with Gasteiger partial charge in [-0.1, -0.05) is 28.1 Å². The van der Waals surface area contributed by atoms with Gasteiger partial charge in [0.1, 0.15) is 5.69 Å². The van der Waals surface area contributed by atoms with Crippen molar-refractivity contribution in [2.75, 3.05) is 5.32 Å². The number of amides is 1. The molecule has 2 aromatic rings. The third kappa shape index (κ3) is 3.20. The molecule has 0 saturated heterocycles. The van der Waals surface area contributed by atoms with Crippen LogP contribution in [0.5, 0.6) is 0 Å². The lowest BCUT2D eigenvalue weighted by atomic mass is 10.1. The summed E-state index contributed by atoms with van der Waals surface area (Å²) < 4.78 is 27.5. The van der Waals surface area contributed by atoms with Crippen LogP contribution >= 0.6 is 15.9 Å². The summed E-state index contributed by atoms with van der Waals surface area (Å²) in [6.07, 6.45) is 0. The van der Waals surface area contributed by atoms with E-state index in [4.69, 9.17) is 5.73 Å². The van der Waals surface area contributed by atoms with E-state index in [9.17, 15) is 13.6 Å². The van der Waals surface area contributed by atoms with Crippen LogP contribution in [0.4, 0.5) is 14.5 Å². The van der Waals surface area contributed by atoms with E-state index in [2.05, 4.69) is 21.2 Å². The first-order valence-electron chi connectivity index (χ1n) is 5.76. The maximum Gasteiger partial charge on any atom is 0.255 e. The molecule has 0 heterocycles. The predicted octanol–water partition coefficient (Wildman–Crippen LogP) is 3.44. The lowest BCUT2D eigenvalue weighted by molar-refractivity contribution is 0.102. The highest BCUT2D eigenvalue weighted by Crippen LogP contribution is 2.24. The summed E-state index contributed by atoms with van der Waals surface area (Å²) in [5, 5.41) is 2.22. The third-order valence-electron chi connectivity index (χ3n) is 2.70. The van der Waals surface area contributed by atoms with E-state index in [-0.39, 0.29) is 4.47 Å². The average Bonchev–Trinajstić information content (AvgIpc) is 2.42. The van der Waals surface area contributed by atoms with Gasteiger partial charge in [0.15, 0.2) is 11.6 Å². The van der Waals surface area contributed by atoms with Gasteiger partial charge in [-0.05, 0) is 29.8 Å². The molecule has 0 atom stereocenters. The minimum atomic E-state index is -0.844. The Morgan fingerprint density at radius 1 is 1.15 bits per heavy atom. The van der Waals surface area contributed by atoms with Crippen molar-refractivity contribution in [1.82, 2.24) is 0 Å². The van der Waals surface area contributed by atoms with Crippen molar-refractivity contribution < 1.29 is 13.6 Å². The Labute approximate surface area is 122 Å². The highest BCUT2D eigenvalue weighted by atomic mass is 79.9. The van der Waals surface area contributed by atoms with Crippen LogP contribution in [0, 0.1) is 11.6 Å². The molecule has 6 heteroatoms. The third-order valence-corrected chi connectivity index (χ3v) is 3.16. The molecule has 3 N–H and O–H groups in total. The SMILES string of the molecule is NCc1ccc(C(=O)Nc2c(F)cc(Br)cc2F)cc1. The van der Waals surface area contributed by atoms with E-state index in [1.807, 2.05) is 0 Å². The molecule has 0 aromatic heterocycles. The van der Waals surface area contributed by atoms with Crippen molar-refractivity contribution in [3.63, 3.8) is 0 Å². The number of halogens is 3. The van der Waals surface area contributed by atoms with Gasteiger partial charge < -0.3 is 11.1 Å². The summed E-state index contributed by atoms with van der Waals surface area (Å²) >= 11 is 2.97. The van der Waals surface area contributed by atoms with Gasteiger partial charge >= 0.3 is 0 Å². The largest absolute Gasteiger partial charge is 0.326 e. The molecular formula is C14H11BrF2N2O. The van der Waals surface area contributed by atoms with Gasteiger partial charge in [0.05, 0.1) is 0 Å². The van der Waals surface area contributed by atoms with Crippen LogP contribution in [0.25, 0.3) is 0 Å². The van der Waals surface area contributed by atoms with Crippen LogP contribution in [0.3, 0.4) is 0 Å². The molecular weight excluding hydrogens is 330 g/mol. The maximum absolute atomic E-state index is 13.6. The van der Waals surface area contributed by atoms with Crippen molar-refractivity contribution in [2.45, 2.75) is 6.54 Å². The van der Waals surface area contributed by atoms with Crippen LogP contribution < -0.4 is 11.1 Å². The molecule has 0 saturated carbocycles. The number of nitrogens with one attached hydrogen (secondary N) is 1. The second-order valence-electron chi connectivity index (χ2n) is 4.10. The Hall–Kier alpha value is -1.79. The maximum atomic E-state index is 13.6. The van der Waals surface area contributed by atoms with Crippen LogP contribution in [0.2, 0.25) is 0 Å². The lowest BCUT2D eigenvalue weighted by Crippen LogP contribution is -2.14. The Balaban J connectivity index is 2.23. The van der Waals surface area contributed by atoms with Gasteiger partial charge in [0.25, 0.3) is 5.91 Å². The minimum absolute atomic E-state index is 0.262. The minimum Gasteiger partial charge on any atom is -0.326 e. The second-order valence-corrected chi connectivity index (χ2v) is 5.02. The normalized spacial score (nSPS) is 10.4. The molecule has 0 spiro atoms. The van der Waals surface area contributed by atoms with E-state index >= 15 is 0 Å². The molecule has 0 fully saturated rings. The zero-order chi connectivity index (χ0) is 14.7. The Morgan fingerprint density at radius 2 is 1.70 bits per heavy atom. The summed E-state index contributed by atoms with van der Waals surface area (Å²) in [5.41, 5.74) is 6.14. The zero-order valence-electron chi connectivity index (χ0n) is 10.3. The molecule has 0 aliphatic carbocycles. The van der Waals surface area contributed by atoms with E-state index < -0.39 is 23.2 Å². The summed E-state index contributed by atoms with van der Waals surface area (Å²) in [6.45, 7) is 0.359. The number of benzene rings is 2. The number of nitrogens with two attached hydrogens (primary N) is 1. The van der Waals surface area contributed by atoms with Crippen molar-refractivity contribution in [2.24, 2.45) is 5.73 Å². The standard InChI is InChI=1S/C14H11BrF2N2O/c15-10-5-11(16)13(12(17)6-10)19-14(20)9-3-1-8(7-18)2-4-9/h1-6H,7,18H2,(H,19,20). The fourth-order valence-electron chi connectivity index (χ4n) is 1.64. The second kappa shape index (κ2) is 6.11. The van der Waals surface area contributed by atoms with Crippen molar-refractivity contribution in [3.05, 3.63) is 63.6 Å². The number of hydrogen-bond acceptors (Lipinski definition) is 2. The summed E-state index contributed by atoms with van der Waals surface area (Å²) in [5.74, 6) is -2.28. The van der Waals surface area contributed by atoms with Gasteiger partial charge in [-0.2, -0.15) is 0 Å². The Kier molecular flexibility index (Phi) is 4.46. The first-order valence-corrected chi connectivity index (χ1v) is 6.55. The highest BCUT2D eigenvalue weighted by Gasteiger charge is 2.14. The first-order chi connectivity index (χ1) is 9.51. The fourth-order valence-corrected chi connectivity index (χ4v) is 2.04. The van der Waals surface area contributed by atoms with E-state index in [0.29, 0.717) is 12.1 Å². The van der Waals surface area contributed by atoms with Gasteiger partial charge in [0, 0.05) is 16.6 Å². The Morgan fingerprint density at radius 3 is 2.20 bits per heavy atom. The monoisotopic (exact) mass is 340 g/mol. The van der Waals surface area contributed by atoms with Gasteiger partial charge in [-0.15, -0.1) is 0 Å². The molecule has 3 nitrogen and oxygen atoms in total. The van der Waals surface area contributed by atoms with E-state index in [1.54, 1.807) is 24.3 Å². The molecule has 0 unspecified atom stereocenters. The summed E-state index contributed by atoms with van der Waals surface area (Å²) in [6, 6.07) is 8.62. The van der Waals surface area contributed by atoms with Crippen LogP contribution in [-0.2, 0) is 6.54 Å². The first kappa shape index (κ1) is 14.6. The van der Waals surface area contributed by atoms with Gasteiger partial charge in [-0.3, -0.25) is 4.79 Å². The molecule has 0 aliphatic heterocycles. The van der Waals surface area contributed by atoms with E-state index in [0.717, 1.165) is 17.7 Å². The number of rotatable bonds is 3. The highest BCUT2D eigenvalue weighted by molar-refractivity contribution is 9.10. The zero-order valence-corrected chi connectivity index (χ0v) is 11.9. The van der Waals surface area contributed by atoms with Gasteiger partial charge in [-0.25, -0.2) is 8.78 Å². The van der Waals surface area contributed by atoms with E-state index in [1.165, 1.54) is 0 Å². The Bertz CT molecular complexity index is 621. The average molecular weight is 341 g/mol. The molecule has 104 valence electrons. The van der Waals surface area contributed by atoms with Crippen molar-refractivity contribution in [1.29, 1.82) is 0 Å². The summed E-state index contributed by atoms with van der Waals surface area (Å²) in [4.78, 5) is 11.9. The number of anilines is 1. The van der Waals surface area contributed by atoms with Crippen LogP contribution in [0.1, 0.15) is 15.9 Å². The molecule has 1 amide bonds. The predicted molar refractivity (Wildman–Crippen MR) is 76.3 cm³/mol.